The maximum atomic E-state index is 18.1. The second-order valence-electron chi connectivity index (χ2n) is 20.6. The lowest BCUT2D eigenvalue weighted by Crippen LogP contribution is -2.15. The SMILES string of the molecule is Cc1cccc(-c2cc(F)c(N(c3ccccc3)c3ccc4ccc5c(N(c6ccccc6)c6c(F)cc(-c7cccc(C)c7C)cc6-c6cccc(C)c6C)ccc6ccc3c4c65)c(-c3cccc(C)c3C)c2)c1C. The van der Waals surface area contributed by atoms with Gasteiger partial charge in [0.05, 0.1) is 22.7 Å². The molecule has 2 nitrogen and oxygen atoms in total. The lowest BCUT2D eigenvalue weighted by molar-refractivity contribution is 0.629. The van der Waals surface area contributed by atoms with Gasteiger partial charge in [-0.1, -0.05) is 146 Å². The molecule has 0 atom stereocenters. The lowest BCUT2D eigenvalue weighted by atomic mass is 9.89. The highest BCUT2D eigenvalue weighted by Gasteiger charge is 2.29. The molecule has 0 radical (unpaired) electrons. The van der Waals surface area contributed by atoms with Crippen LogP contribution in [0, 0.1) is 67.0 Å². The molecule has 370 valence electrons. The van der Waals surface area contributed by atoms with Crippen molar-refractivity contribution in [3.05, 3.63) is 262 Å². The molecule has 4 heteroatoms. The zero-order chi connectivity index (χ0) is 52.5. The Labute approximate surface area is 445 Å². The number of hydrogen-bond acceptors (Lipinski definition) is 2. The normalized spacial score (nSPS) is 11.6. The van der Waals surface area contributed by atoms with Crippen LogP contribution in [0.1, 0.15) is 44.5 Å². The second-order valence-corrected chi connectivity index (χ2v) is 20.6. The number of hydrogen-bond donors (Lipinski definition) is 0. The molecule has 12 aromatic carbocycles. The van der Waals surface area contributed by atoms with Crippen molar-refractivity contribution in [1.29, 1.82) is 0 Å². The van der Waals surface area contributed by atoms with Crippen LogP contribution in [0.3, 0.4) is 0 Å². The summed E-state index contributed by atoms with van der Waals surface area (Å²) in [5.41, 5.74) is 20.5. The Balaban J connectivity index is 1.13. The Morgan fingerprint density at radius 3 is 0.987 bits per heavy atom. The molecule has 0 N–H and O–H groups in total. The van der Waals surface area contributed by atoms with Crippen molar-refractivity contribution in [1.82, 2.24) is 0 Å². The number of rotatable bonds is 10. The van der Waals surface area contributed by atoms with E-state index in [0.29, 0.717) is 11.4 Å². The molecule has 12 aromatic rings. The molecular formula is C72H58F2N2. The van der Waals surface area contributed by atoms with Gasteiger partial charge < -0.3 is 9.80 Å². The van der Waals surface area contributed by atoms with Gasteiger partial charge in [-0.3, -0.25) is 0 Å². The van der Waals surface area contributed by atoms with E-state index in [9.17, 15) is 0 Å². The monoisotopic (exact) mass is 988 g/mol. The van der Waals surface area contributed by atoms with Crippen LogP contribution in [0.4, 0.5) is 42.9 Å². The van der Waals surface area contributed by atoms with E-state index in [1.54, 1.807) is 12.1 Å². The predicted octanol–water partition coefficient (Wildman–Crippen LogP) is 20.9. The molecular weight excluding hydrogens is 931 g/mol. The maximum absolute atomic E-state index is 18.1. The molecule has 0 unspecified atom stereocenters. The van der Waals surface area contributed by atoms with Crippen LogP contribution in [0.2, 0.25) is 0 Å². The fourth-order valence-electron chi connectivity index (χ4n) is 11.7. The Kier molecular flexibility index (Phi) is 12.1. The molecule has 0 aromatic heterocycles. The van der Waals surface area contributed by atoms with Crippen LogP contribution >= 0.6 is 0 Å². The van der Waals surface area contributed by atoms with Gasteiger partial charge in [0.25, 0.3) is 0 Å². The van der Waals surface area contributed by atoms with Gasteiger partial charge in [0.15, 0.2) is 0 Å². The second kappa shape index (κ2) is 19.1. The van der Waals surface area contributed by atoms with Gasteiger partial charge in [-0.2, -0.15) is 0 Å². The largest absolute Gasteiger partial charge is 0.307 e. The minimum absolute atomic E-state index is 0.324. The molecule has 0 aliphatic carbocycles. The summed E-state index contributed by atoms with van der Waals surface area (Å²) in [5, 5.41) is 6.12. The molecule has 0 amide bonds. The first-order valence-corrected chi connectivity index (χ1v) is 26.2. The molecule has 0 aliphatic heterocycles. The van der Waals surface area contributed by atoms with Crippen molar-refractivity contribution in [3.63, 3.8) is 0 Å². The van der Waals surface area contributed by atoms with Crippen molar-refractivity contribution in [2.45, 2.75) is 55.4 Å². The average molecular weight is 989 g/mol. The van der Waals surface area contributed by atoms with Crippen LogP contribution in [-0.4, -0.2) is 0 Å². The summed E-state index contributed by atoms with van der Waals surface area (Å²) in [4.78, 5) is 4.23. The van der Waals surface area contributed by atoms with Crippen LogP contribution in [0.25, 0.3) is 76.8 Å². The minimum Gasteiger partial charge on any atom is -0.307 e. The fraction of sp³-hybridized carbons (Fsp3) is 0.111. The van der Waals surface area contributed by atoms with E-state index in [-0.39, 0.29) is 11.6 Å². The fourth-order valence-corrected chi connectivity index (χ4v) is 11.7. The smallest absolute Gasteiger partial charge is 0.148 e. The van der Waals surface area contributed by atoms with E-state index in [1.807, 2.05) is 36.4 Å². The molecule has 0 saturated heterocycles. The quantitative estimate of drug-likeness (QED) is 0.126. The van der Waals surface area contributed by atoms with Crippen LogP contribution < -0.4 is 9.80 Å². The molecule has 0 bridgehead atoms. The highest BCUT2D eigenvalue weighted by molar-refractivity contribution is 6.28. The lowest BCUT2D eigenvalue weighted by Gasteiger charge is -2.32. The van der Waals surface area contributed by atoms with Gasteiger partial charge in [-0.25, -0.2) is 8.78 Å². The minimum atomic E-state index is -0.324. The van der Waals surface area contributed by atoms with Gasteiger partial charge in [-0.05, 0) is 215 Å². The maximum Gasteiger partial charge on any atom is 0.148 e. The first kappa shape index (κ1) is 48.1. The van der Waals surface area contributed by atoms with E-state index in [2.05, 4.69) is 223 Å². The zero-order valence-electron chi connectivity index (χ0n) is 44.3. The Morgan fingerprint density at radius 1 is 0.289 bits per heavy atom. The Morgan fingerprint density at radius 2 is 0.618 bits per heavy atom. The van der Waals surface area contributed by atoms with Gasteiger partial charge in [0.1, 0.15) is 11.6 Å². The molecule has 0 aliphatic rings. The van der Waals surface area contributed by atoms with Crippen molar-refractivity contribution in [2.75, 3.05) is 9.80 Å². The molecule has 0 fully saturated rings. The molecule has 0 spiro atoms. The molecule has 0 saturated carbocycles. The van der Waals surface area contributed by atoms with Gasteiger partial charge >= 0.3 is 0 Å². The zero-order valence-corrected chi connectivity index (χ0v) is 44.3. The number of nitrogens with zero attached hydrogens (tertiary/aromatic N) is 2. The Bertz CT molecular complexity index is 3960. The molecule has 0 heterocycles. The highest BCUT2D eigenvalue weighted by atomic mass is 19.1. The van der Waals surface area contributed by atoms with E-state index < -0.39 is 0 Å². The number of para-hydroxylation sites is 2. The summed E-state index contributed by atoms with van der Waals surface area (Å²) >= 11 is 0. The molecule has 76 heavy (non-hydrogen) atoms. The van der Waals surface area contributed by atoms with Crippen molar-refractivity contribution < 1.29 is 8.78 Å². The summed E-state index contributed by atoms with van der Waals surface area (Å²) in [6.07, 6.45) is 0. The van der Waals surface area contributed by atoms with E-state index in [4.69, 9.17) is 0 Å². The summed E-state index contributed by atoms with van der Waals surface area (Å²) < 4.78 is 36.3. The van der Waals surface area contributed by atoms with E-state index in [0.717, 1.165) is 144 Å². The third-order valence-corrected chi connectivity index (χ3v) is 16.3. The summed E-state index contributed by atoms with van der Waals surface area (Å²) in [7, 11) is 0. The van der Waals surface area contributed by atoms with E-state index >= 15 is 8.78 Å². The first-order valence-electron chi connectivity index (χ1n) is 26.2. The van der Waals surface area contributed by atoms with Crippen molar-refractivity contribution >= 4 is 66.4 Å². The summed E-state index contributed by atoms with van der Waals surface area (Å²) in [6.45, 7) is 16.9. The van der Waals surface area contributed by atoms with Crippen LogP contribution in [0.5, 0.6) is 0 Å². The third kappa shape index (κ3) is 7.99. The first-order chi connectivity index (χ1) is 36.9. The number of anilines is 6. The summed E-state index contributed by atoms with van der Waals surface area (Å²) in [5.74, 6) is -0.648. The summed E-state index contributed by atoms with van der Waals surface area (Å²) in [6, 6.07) is 70.6. The van der Waals surface area contributed by atoms with Crippen molar-refractivity contribution in [3.8, 4) is 44.5 Å². The van der Waals surface area contributed by atoms with Gasteiger partial charge in [-0.15, -0.1) is 0 Å². The van der Waals surface area contributed by atoms with E-state index in [1.165, 1.54) is 0 Å². The van der Waals surface area contributed by atoms with Crippen LogP contribution in [-0.2, 0) is 0 Å². The highest BCUT2D eigenvalue weighted by Crippen LogP contribution is 2.52. The number of benzene rings is 12. The molecule has 12 rings (SSSR count). The van der Waals surface area contributed by atoms with Crippen LogP contribution in [0.15, 0.2) is 206 Å². The number of halogens is 2. The standard InChI is InChI=1S/C72H58F2N2/c1-43-19-15-27-57(47(43)5)53-39-63(59-29-17-21-45(3)49(59)7)71(65(73)41-53)75(55-23-11-9-12-24-55)67-37-33-51-32-36-62-68(38-34-52-31-35-61(67)69(51)70(52)62)76(56-25-13-10-14-26-56)72-64(60-30-18-22-46(4)50(60)8)40-54(42-66(72)74)58-28-16-20-44(2)48(58)6/h9-42H,1-8H3. The topological polar surface area (TPSA) is 6.48 Å². The number of aryl methyl sites for hydroxylation is 4. The predicted molar refractivity (Wildman–Crippen MR) is 319 cm³/mol. The average Bonchev–Trinajstić information content (AvgIpc) is 3.47. The van der Waals surface area contributed by atoms with Gasteiger partial charge in [0.2, 0.25) is 0 Å². The van der Waals surface area contributed by atoms with Gasteiger partial charge in [0, 0.05) is 33.3 Å². The van der Waals surface area contributed by atoms with Crippen molar-refractivity contribution in [2.24, 2.45) is 0 Å². The third-order valence-electron chi connectivity index (χ3n) is 16.3. The Hall–Kier alpha value is -8.86.